The van der Waals surface area contributed by atoms with Crippen molar-refractivity contribution in [3.05, 3.63) is 21.9 Å². The second kappa shape index (κ2) is 4.06. The topological polar surface area (TPSA) is 43.1 Å². The van der Waals surface area contributed by atoms with E-state index in [9.17, 15) is 4.79 Å². The van der Waals surface area contributed by atoms with Crippen LogP contribution in [0.4, 0.5) is 0 Å². The molecule has 0 saturated heterocycles. The van der Waals surface area contributed by atoms with E-state index >= 15 is 0 Å². The van der Waals surface area contributed by atoms with Gasteiger partial charge in [0, 0.05) is 16.9 Å². The molecule has 0 amide bonds. The van der Waals surface area contributed by atoms with Gasteiger partial charge in [0.2, 0.25) is 0 Å². The zero-order chi connectivity index (χ0) is 10.9. The summed E-state index contributed by atoms with van der Waals surface area (Å²) in [5, 5.41) is 1.98. The fourth-order valence-corrected chi connectivity index (χ4v) is 2.96. The van der Waals surface area contributed by atoms with Crippen molar-refractivity contribution in [1.82, 2.24) is 0 Å². The molecule has 1 heterocycles. The lowest BCUT2D eigenvalue weighted by atomic mass is 9.65. The number of hydrogen-bond acceptors (Lipinski definition) is 3. The second-order valence-corrected chi connectivity index (χ2v) is 5.67. The zero-order valence-electron chi connectivity index (χ0n) is 9.08. The highest BCUT2D eigenvalue weighted by Crippen LogP contribution is 2.43. The molecule has 0 radical (unpaired) electrons. The smallest absolute Gasteiger partial charge is 0.164 e. The quantitative estimate of drug-likeness (QED) is 0.798. The number of carbonyl (C=O) groups excluding carboxylic acids is 1. The normalized spacial score (nSPS) is 18.5. The molecule has 0 aliphatic heterocycles. The van der Waals surface area contributed by atoms with E-state index in [1.54, 1.807) is 11.3 Å². The van der Waals surface area contributed by atoms with Crippen LogP contribution in [0.15, 0.2) is 11.4 Å². The summed E-state index contributed by atoms with van der Waals surface area (Å²) >= 11 is 1.64. The molecule has 0 unspecified atom stereocenters. The van der Waals surface area contributed by atoms with Crippen molar-refractivity contribution in [2.75, 3.05) is 6.54 Å². The van der Waals surface area contributed by atoms with Gasteiger partial charge in [0.05, 0.1) is 0 Å². The van der Waals surface area contributed by atoms with E-state index in [1.807, 2.05) is 18.4 Å². The number of Topliss-reactive ketones (excluding diaryl/α,β-unsaturated/α-hetero) is 1. The average Bonchev–Trinajstić information content (AvgIpc) is 2.58. The van der Waals surface area contributed by atoms with Crippen molar-refractivity contribution in [3.63, 3.8) is 0 Å². The molecule has 1 aromatic heterocycles. The molecule has 15 heavy (non-hydrogen) atoms. The molecule has 3 heteroatoms. The molecule has 1 aromatic rings. The predicted molar refractivity (Wildman–Crippen MR) is 63.3 cm³/mol. The lowest BCUT2D eigenvalue weighted by Crippen LogP contribution is -2.39. The Hall–Kier alpha value is -0.670. The third kappa shape index (κ3) is 1.99. The number of carbonyl (C=O) groups is 1. The minimum absolute atomic E-state index is 0.130. The van der Waals surface area contributed by atoms with Gasteiger partial charge in [-0.05, 0) is 43.2 Å². The first-order valence-electron chi connectivity index (χ1n) is 5.44. The molecule has 0 atom stereocenters. The summed E-state index contributed by atoms with van der Waals surface area (Å²) in [5.74, 6) is 0.277. The summed E-state index contributed by atoms with van der Waals surface area (Å²) in [4.78, 5) is 13.2. The van der Waals surface area contributed by atoms with Gasteiger partial charge in [-0.1, -0.05) is 6.42 Å². The maximum absolute atomic E-state index is 12.0. The van der Waals surface area contributed by atoms with Crippen molar-refractivity contribution < 1.29 is 4.79 Å². The number of rotatable bonds is 4. The van der Waals surface area contributed by atoms with E-state index in [1.165, 1.54) is 6.42 Å². The molecule has 2 N–H and O–H groups in total. The van der Waals surface area contributed by atoms with Gasteiger partial charge in [-0.2, -0.15) is 0 Å². The number of hydrogen-bond donors (Lipinski definition) is 1. The van der Waals surface area contributed by atoms with Crippen molar-refractivity contribution in [3.8, 4) is 0 Å². The Morgan fingerprint density at radius 2 is 2.33 bits per heavy atom. The Bertz CT molecular complexity index is 360. The standard InChI is InChI=1S/C12H17NOS/c1-9-10(3-6-15-9)11(14)7-12(8-13)4-2-5-12/h3,6H,2,4-5,7-8,13H2,1H3. The van der Waals surface area contributed by atoms with Gasteiger partial charge in [0.25, 0.3) is 0 Å². The Morgan fingerprint density at radius 3 is 2.73 bits per heavy atom. The van der Waals surface area contributed by atoms with Crippen molar-refractivity contribution in [2.45, 2.75) is 32.6 Å². The van der Waals surface area contributed by atoms with Crippen molar-refractivity contribution >= 4 is 17.1 Å². The fourth-order valence-electron chi connectivity index (χ4n) is 2.24. The first kappa shape index (κ1) is 10.8. The van der Waals surface area contributed by atoms with Gasteiger partial charge in [-0.15, -0.1) is 11.3 Å². The number of thiophene rings is 1. The number of aryl methyl sites for hydroxylation is 1. The van der Waals surface area contributed by atoms with Crippen LogP contribution < -0.4 is 5.73 Å². The van der Waals surface area contributed by atoms with E-state index in [2.05, 4.69) is 0 Å². The van der Waals surface area contributed by atoms with Crippen molar-refractivity contribution in [2.24, 2.45) is 11.1 Å². The van der Waals surface area contributed by atoms with E-state index in [-0.39, 0.29) is 11.2 Å². The summed E-state index contributed by atoms with van der Waals surface area (Å²) in [6.45, 7) is 2.66. The summed E-state index contributed by atoms with van der Waals surface area (Å²) in [6, 6.07) is 1.94. The number of nitrogens with two attached hydrogens (primary N) is 1. The highest BCUT2D eigenvalue weighted by Gasteiger charge is 2.37. The van der Waals surface area contributed by atoms with Gasteiger partial charge >= 0.3 is 0 Å². The number of ketones is 1. The molecule has 0 spiro atoms. The van der Waals surface area contributed by atoms with Gasteiger partial charge in [0.15, 0.2) is 5.78 Å². The maximum Gasteiger partial charge on any atom is 0.164 e. The van der Waals surface area contributed by atoms with Crippen LogP contribution in [0.25, 0.3) is 0 Å². The van der Waals surface area contributed by atoms with Crippen LogP contribution in [0.1, 0.15) is 40.9 Å². The molecule has 82 valence electrons. The molecule has 1 saturated carbocycles. The summed E-state index contributed by atoms with van der Waals surface area (Å²) in [6.07, 6.45) is 4.12. The molecular weight excluding hydrogens is 206 g/mol. The first-order chi connectivity index (χ1) is 7.17. The van der Waals surface area contributed by atoms with E-state index < -0.39 is 0 Å². The van der Waals surface area contributed by atoms with Crippen molar-refractivity contribution in [1.29, 1.82) is 0 Å². The molecule has 2 rings (SSSR count). The molecule has 1 aliphatic rings. The largest absolute Gasteiger partial charge is 0.330 e. The van der Waals surface area contributed by atoms with Crippen LogP contribution in [0.5, 0.6) is 0 Å². The first-order valence-corrected chi connectivity index (χ1v) is 6.32. The Kier molecular flexibility index (Phi) is 2.94. The van der Waals surface area contributed by atoms with E-state index in [0.717, 1.165) is 23.3 Å². The van der Waals surface area contributed by atoms with Gasteiger partial charge < -0.3 is 5.73 Å². The van der Waals surface area contributed by atoms with Crippen LogP contribution >= 0.6 is 11.3 Å². The van der Waals surface area contributed by atoms with Crippen LogP contribution in [0.3, 0.4) is 0 Å². The van der Waals surface area contributed by atoms with Crippen LogP contribution in [-0.4, -0.2) is 12.3 Å². The Balaban J connectivity index is 2.07. The SMILES string of the molecule is Cc1sccc1C(=O)CC1(CN)CCC1. The average molecular weight is 223 g/mol. The Morgan fingerprint density at radius 1 is 1.60 bits per heavy atom. The molecular formula is C12H17NOS. The van der Waals surface area contributed by atoms with E-state index in [4.69, 9.17) is 5.73 Å². The summed E-state index contributed by atoms with van der Waals surface area (Å²) in [7, 11) is 0. The molecule has 0 aromatic carbocycles. The van der Waals surface area contributed by atoms with Crippen LogP contribution in [0.2, 0.25) is 0 Å². The Labute approximate surface area is 94.5 Å². The third-order valence-electron chi connectivity index (χ3n) is 3.54. The maximum atomic E-state index is 12.0. The molecule has 0 bridgehead atoms. The third-order valence-corrected chi connectivity index (χ3v) is 4.39. The van der Waals surface area contributed by atoms with Crippen LogP contribution in [-0.2, 0) is 0 Å². The lowest BCUT2D eigenvalue weighted by molar-refractivity contribution is 0.0786. The highest BCUT2D eigenvalue weighted by molar-refractivity contribution is 7.10. The van der Waals surface area contributed by atoms with E-state index in [0.29, 0.717) is 13.0 Å². The second-order valence-electron chi connectivity index (χ2n) is 4.55. The zero-order valence-corrected chi connectivity index (χ0v) is 9.90. The molecule has 2 nitrogen and oxygen atoms in total. The monoisotopic (exact) mass is 223 g/mol. The lowest BCUT2D eigenvalue weighted by Gasteiger charge is -2.40. The summed E-state index contributed by atoms with van der Waals surface area (Å²) < 4.78 is 0. The van der Waals surface area contributed by atoms with Gasteiger partial charge in [0.1, 0.15) is 0 Å². The van der Waals surface area contributed by atoms with Crippen LogP contribution in [0, 0.1) is 12.3 Å². The summed E-state index contributed by atoms with van der Waals surface area (Å²) in [5.41, 5.74) is 6.79. The molecule has 1 aliphatic carbocycles. The minimum Gasteiger partial charge on any atom is -0.330 e. The molecule has 1 fully saturated rings. The van der Waals surface area contributed by atoms with Gasteiger partial charge in [-0.25, -0.2) is 0 Å². The van der Waals surface area contributed by atoms with Gasteiger partial charge in [-0.3, -0.25) is 4.79 Å². The fraction of sp³-hybridized carbons (Fsp3) is 0.583. The predicted octanol–water partition coefficient (Wildman–Crippen LogP) is 2.76. The highest BCUT2D eigenvalue weighted by atomic mass is 32.1. The minimum atomic E-state index is 0.130.